The Balaban J connectivity index is 1.34. The van der Waals surface area contributed by atoms with Crippen molar-refractivity contribution in [1.82, 2.24) is 14.5 Å². The zero-order valence-corrected chi connectivity index (χ0v) is 16.9. The van der Waals surface area contributed by atoms with E-state index in [0.717, 1.165) is 17.5 Å². The van der Waals surface area contributed by atoms with E-state index < -0.39 is 5.60 Å². The van der Waals surface area contributed by atoms with E-state index in [1.807, 2.05) is 28.8 Å². The van der Waals surface area contributed by atoms with Crippen molar-refractivity contribution in [1.29, 1.82) is 0 Å². The molecule has 0 bridgehead atoms. The normalized spacial score (nSPS) is 19.4. The summed E-state index contributed by atoms with van der Waals surface area (Å²) in [5.41, 5.74) is 0.883. The van der Waals surface area contributed by atoms with Crippen molar-refractivity contribution in [3.05, 3.63) is 59.9 Å². The monoisotopic (exact) mass is 413 g/mol. The van der Waals surface area contributed by atoms with E-state index in [1.165, 1.54) is 0 Å². The molecule has 1 fully saturated rings. The fourth-order valence-electron chi connectivity index (χ4n) is 3.78. The van der Waals surface area contributed by atoms with E-state index in [4.69, 9.17) is 16.3 Å². The highest BCUT2D eigenvalue weighted by molar-refractivity contribution is 6.30. The number of piperidine rings is 1. The number of aromatic nitrogens is 2. The smallest absolute Gasteiger partial charge is 0.224 e. The number of carbonyl (C=O) groups is 1. The second kappa shape index (κ2) is 8.43. The predicted molar refractivity (Wildman–Crippen MR) is 112 cm³/mol. The van der Waals surface area contributed by atoms with Gasteiger partial charge in [0.2, 0.25) is 5.91 Å². The average Bonchev–Trinajstić information content (AvgIpc) is 3.14. The molecule has 0 radical (unpaired) electrons. The third kappa shape index (κ3) is 4.71. The van der Waals surface area contributed by atoms with Gasteiger partial charge in [0.25, 0.3) is 0 Å². The number of imidazole rings is 1. The summed E-state index contributed by atoms with van der Waals surface area (Å²) in [5, 5.41) is 11.5. The van der Waals surface area contributed by atoms with Gasteiger partial charge in [-0.3, -0.25) is 4.79 Å². The van der Waals surface area contributed by atoms with Crippen molar-refractivity contribution in [2.75, 3.05) is 19.7 Å². The van der Waals surface area contributed by atoms with Crippen LogP contribution in [-0.2, 0) is 11.3 Å². The quantitative estimate of drug-likeness (QED) is 0.671. The lowest BCUT2D eigenvalue weighted by molar-refractivity contribution is -0.140. The number of para-hydroxylation sites is 2. The third-order valence-electron chi connectivity index (χ3n) is 5.31. The van der Waals surface area contributed by atoms with Crippen molar-refractivity contribution in [2.45, 2.75) is 31.4 Å². The van der Waals surface area contributed by atoms with Crippen molar-refractivity contribution >= 4 is 28.5 Å². The van der Waals surface area contributed by atoms with Crippen molar-refractivity contribution in [3.8, 4) is 5.75 Å². The molecule has 1 aromatic heterocycles. The molecule has 1 saturated heterocycles. The van der Waals surface area contributed by atoms with Crippen LogP contribution in [0.25, 0.3) is 11.0 Å². The molecule has 0 saturated carbocycles. The van der Waals surface area contributed by atoms with Gasteiger partial charge in [0, 0.05) is 24.5 Å². The molecule has 0 spiro atoms. The first-order valence-electron chi connectivity index (χ1n) is 9.81. The first-order chi connectivity index (χ1) is 14.0. The minimum Gasteiger partial charge on any atom is -0.490 e. The summed E-state index contributed by atoms with van der Waals surface area (Å²) >= 11 is 5.98. The number of likely N-dealkylation sites (tertiary alicyclic amines) is 1. The number of hydrogen-bond acceptors (Lipinski definition) is 4. The van der Waals surface area contributed by atoms with E-state index in [2.05, 4.69) is 4.98 Å². The molecule has 7 heteroatoms. The highest BCUT2D eigenvalue weighted by atomic mass is 35.5. The van der Waals surface area contributed by atoms with Gasteiger partial charge < -0.3 is 19.3 Å². The standard InChI is InChI=1S/C22H24ClN3O3/c23-17-5-3-6-18(13-17)29-15-22(28)10-4-11-25(14-22)21(27)9-12-26-16-24-19-7-1-2-8-20(19)26/h1-3,5-8,13,16,28H,4,9-12,14-15H2. The van der Waals surface area contributed by atoms with E-state index in [-0.39, 0.29) is 19.1 Å². The number of carbonyl (C=O) groups excluding carboxylic acids is 1. The number of aryl methyl sites for hydroxylation is 1. The Morgan fingerprint density at radius 2 is 2.10 bits per heavy atom. The maximum absolute atomic E-state index is 12.8. The summed E-state index contributed by atoms with van der Waals surface area (Å²) in [6.45, 7) is 1.62. The van der Waals surface area contributed by atoms with Gasteiger partial charge in [0.1, 0.15) is 18.0 Å². The Morgan fingerprint density at radius 3 is 2.97 bits per heavy atom. The van der Waals surface area contributed by atoms with Crippen LogP contribution in [0.3, 0.4) is 0 Å². The molecule has 1 aliphatic rings. The molecular formula is C22H24ClN3O3. The Morgan fingerprint density at radius 1 is 1.24 bits per heavy atom. The van der Waals surface area contributed by atoms with Crippen LogP contribution in [0.5, 0.6) is 5.75 Å². The molecule has 152 valence electrons. The second-order valence-corrected chi connectivity index (χ2v) is 8.00. The highest BCUT2D eigenvalue weighted by Crippen LogP contribution is 2.25. The van der Waals surface area contributed by atoms with Gasteiger partial charge in [-0.15, -0.1) is 0 Å². The summed E-state index contributed by atoms with van der Waals surface area (Å²) in [6.07, 6.45) is 3.48. The first kappa shape index (κ1) is 19.7. The number of ether oxygens (including phenoxy) is 1. The molecule has 1 amide bonds. The molecule has 2 heterocycles. The zero-order valence-electron chi connectivity index (χ0n) is 16.1. The van der Waals surface area contributed by atoms with E-state index >= 15 is 0 Å². The van der Waals surface area contributed by atoms with Gasteiger partial charge >= 0.3 is 0 Å². The number of rotatable bonds is 6. The van der Waals surface area contributed by atoms with Crippen LogP contribution in [0, 0.1) is 0 Å². The molecule has 1 N–H and O–H groups in total. The summed E-state index contributed by atoms with van der Waals surface area (Å²) < 4.78 is 7.73. The number of amides is 1. The fraction of sp³-hybridized carbons (Fsp3) is 0.364. The van der Waals surface area contributed by atoms with Crippen molar-refractivity contribution < 1.29 is 14.6 Å². The lowest BCUT2D eigenvalue weighted by atomic mass is 9.93. The lowest BCUT2D eigenvalue weighted by Gasteiger charge is -2.39. The molecule has 0 aliphatic carbocycles. The van der Waals surface area contributed by atoms with Gasteiger partial charge in [-0.1, -0.05) is 29.8 Å². The van der Waals surface area contributed by atoms with Crippen LogP contribution in [0.2, 0.25) is 5.02 Å². The highest BCUT2D eigenvalue weighted by Gasteiger charge is 2.36. The summed E-state index contributed by atoms with van der Waals surface area (Å²) in [5.74, 6) is 0.644. The SMILES string of the molecule is O=C(CCn1cnc2ccccc21)N1CCCC(O)(COc2cccc(Cl)c2)C1. The summed E-state index contributed by atoms with van der Waals surface area (Å²) in [4.78, 5) is 18.9. The topological polar surface area (TPSA) is 67.6 Å². The van der Waals surface area contributed by atoms with Crippen LogP contribution in [-0.4, -0.2) is 50.8 Å². The first-order valence-corrected chi connectivity index (χ1v) is 10.2. The van der Waals surface area contributed by atoms with Crippen molar-refractivity contribution in [3.63, 3.8) is 0 Å². The van der Waals surface area contributed by atoms with Crippen LogP contribution < -0.4 is 4.74 Å². The van der Waals surface area contributed by atoms with E-state index in [1.54, 1.807) is 35.5 Å². The van der Waals surface area contributed by atoms with Crippen LogP contribution in [0.4, 0.5) is 0 Å². The largest absolute Gasteiger partial charge is 0.490 e. The van der Waals surface area contributed by atoms with Crippen molar-refractivity contribution in [2.24, 2.45) is 0 Å². The van der Waals surface area contributed by atoms with Gasteiger partial charge in [0.15, 0.2) is 0 Å². The average molecular weight is 414 g/mol. The molecule has 3 aromatic rings. The maximum Gasteiger partial charge on any atom is 0.224 e. The van der Waals surface area contributed by atoms with Crippen LogP contribution in [0.15, 0.2) is 54.9 Å². The number of β-amino-alcohol motifs (C(OH)–C–C–N with tert-alkyl or cyclic N) is 1. The number of nitrogens with zero attached hydrogens (tertiary/aromatic N) is 3. The second-order valence-electron chi connectivity index (χ2n) is 7.57. The molecule has 1 unspecified atom stereocenters. The number of halogens is 1. The summed E-state index contributed by atoms with van der Waals surface area (Å²) in [7, 11) is 0. The molecule has 6 nitrogen and oxygen atoms in total. The molecule has 1 aliphatic heterocycles. The van der Waals surface area contributed by atoms with E-state index in [9.17, 15) is 9.90 Å². The zero-order chi connectivity index (χ0) is 20.3. The number of aliphatic hydroxyl groups is 1. The molecular weight excluding hydrogens is 390 g/mol. The Hall–Kier alpha value is -2.57. The van der Waals surface area contributed by atoms with Gasteiger partial charge in [0.05, 0.1) is 23.9 Å². The summed E-state index contributed by atoms with van der Waals surface area (Å²) in [6, 6.07) is 15.0. The number of benzene rings is 2. The minimum atomic E-state index is -1.06. The Labute approximate surface area is 174 Å². The molecule has 1 atom stereocenters. The maximum atomic E-state index is 12.8. The van der Waals surface area contributed by atoms with Gasteiger partial charge in [-0.2, -0.15) is 0 Å². The number of fused-ring (bicyclic) bond motifs is 1. The lowest BCUT2D eigenvalue weighted by Crippen LogP contribution is -2.53. The molecule has 4 rings (SSSR count). The molecule has 29 heavy (non-hydrogen) atoms. The fourth-order valence-corrected chi connectivity index (χ4v) is 3.96. The predicted octanol–water partition coefficient (Wildman–Crippen LogP) is 3.51. The van der Waals surface area contributed by atoms with E-state index in [0.29, 0.717) is 36.7 Å². The van der Waals surface area contributed by atoms with Gasteiger partial charge in [-0.05, 0) is 43.2 Å². The number of hydrogen-bond donors (Lipinski definition) is 1. The third-order valence-corrected chi connectivity index (χ3v) is 5.54. The van der Waals surface area contributed by atoms with Crippen LogP contribution in [0.1, 0.15) is 19.3 Å². The Bertz CT molecular complexity index is 1010. The van der Waals surface area contributed by atoms with Gasteiger partial charge in [-0.25, -0.2) is 4.98 Å². The Kier molecular flexibility index (Phi) is 5.74. The molecule has 2 aromatic carbocycles. The van der Waals surface area contributed by atoms with Crippen LogP contribution >= 0.6 is 11.6 Å². The minimum absolute atomic E-state index is 0.0312.